The van der Waals surface area contributed by atoms with Crippen LogP contribution in [0.5, 0.6) is 0 Å². The molecule has 1 aliphatic heterocycles. The number of guanidine groups is 1. The average Bonchev–Trinajstić information content (AvgIpc) is 3.26. The summed E-state index contributed by atoms with van der Waals surface area (Å²) >= 11 is 0. The van der Waals surface area contributed by atoms with Gasteiger partial charge in [-0.05, 0) is 43.7 Å². The summed E-state index contributed by atoms with van der Waals surface area (Å²) < 4.78 is 2.08. The fraction of sp³-hybridized carbons (Fsp3) is 0.619. The van der Waals surface area contributed by atoms with Gasteiger partial charge in [0.2, 0.25) is 0 Å². The predicted octanol–water partition coefficient (Wildman–Crippen LogP) is 3.50. The highest BCUT2D eigenvalue weighted by molar-refractivity contribution is 5.80. The first kappa shape index (κ1) is 17.4. The van der Waals surface area contributed by atoms with Crippen molar-refractivity contribution in [2.45, 2.75) is 51.9 Å². The average molecular weight is 354 g/mol. The molecule has 26 heavy (non-hydrogen) atoms. The number of nitrogens with zero attached hydrogens (tertiary/aromatic N) is 4. The number of rotatable bonds is 4. The lowest BCUT2D eigenvalue weighted by Gasteiger charge is -2.33. The topological polar surface area (TPSA) is 44.9 Å². The second kappa shape index (κ2) is 7.68. The summed E-state index contributed by atoms with van der Waals surface area (Å²) in [6.07, 6.45) is 13.4. The summed E-state index contributed by atoms with van der Waals surface area (Å²) in [5, 5.41) is 3.51. The maximum absolute atomic E-state index is 4.92. The van der Waals surface area contributed by atoms with Gasteiger partial charge in [0.05, 0.1) is 5.69 Å². The van der Waals surface area contributed by atoms with E-state index < -0.39 is 0 Å². The summed E-state index contributed by atoms with van der Waals surface area (Å²) in [5.41, 5.74) is 2.69. The van der Waals surface area contributed by atoms with Crippen LogP contribution >= 0.6 is 0 Å². The lowest BCUT2D eigenvalue weighted by molar-refractivity contribution is 0.203. The van der Waals surface area contributed by atoms with E-state index in [9.17, 15) is 0 Å². The van der Waals surface area contributed by atoms with E-state index in [0.29, 0.717) is 5.41 Å². The zero-order valence-corrected chi connectivity index (χ0v) is 16.0. The first-order valence-electron chi connectivity index (χ1n) is 10.2. The van der Waals surface area contributed by atoms with Crippen molar-refractivity contribution in [3.05, 3.63) is 36.3 Å². The minimum atomic E-state index is 0.566. The molecule has 1 N–H and O–H groups in total. The third-order valence-electron chi connectivity index (χ3n) is 6.03. The van der Waals surface area contributed by atoms with Gasteiger partial charge in [-0.15, -0.1) is 0 Å². The van der Waals surface area contributed by atoms with Gasteiger partial charge in [0.15, 0.2) is 5.96 Å². The molecule has 5 heteroatoms. The molecule has 3 heterocycles. The monoisotopic (exact) mass is 353 g/mol. The van der Waals surface area contributed by atoms with Crippen LogP contribution in [-0.4, -0.2) is 46.4 Å². The highest BCUT2D eigenvalue weighted by atomic mass is 15.3. The molecule has 2 aliphatic rings. The molecular formula is C21H31N5. The minimum absolute atomic E-state index is 0.566. The van der Waals surface area contributed by atoms with Gasteiger partial charge >= 0.3 is 0 Å². The number of hydrogen-bond donors (Lipinski definition) is 1. The summed E-state index contributed by atoms with van der Waals surface area (Å²) in [6.45, 7) is 6.21. The Kier molecular flexibility index (Phi) is 5.14. The Bertz CT molecular complexity index is 724. The van der Waals surface area contributed by atoms with Crippen LogP contribution in [0.2, 0.25) is 0 Å². The third kappa shape index (κ3) is 3.71. The SMILES string of the molecule is CCNC(=NCCc1cn2ccccc2n1)N1CCC2(CCCCC2)C1. The fourth-order valence-corrected chi connectivity index (χ4v) is 4.64. The number of imidazole rings is 1. The fourth-order valence-electron chi connectivity index (χ4n) is 4.64. The van der Waals surface area contributed by atoms with Gasteiger partial charge in [0, 0.05) is 45.0 Å². The van der Waals surface area contributed by atoms with Crippen LogP contribution in [0.4, 0.5) is 0 Å². The van der Waals surface area contributed by atoms with Crippen LogP contribution in [0.15, 0.2) is 35.6 Å². The van der Waals surface area contributed by atoms with Gasteiger partial charge < -0.3 is 14.6 Å². The summed E-state index contributed by atoms with van der Waals surface area (Å²) in [4.78, 5) is 12.1. The molecule has 0 bridgehead atoms. The Morgan fingerprint density at radius 1 is 1.23 bits per heavy atom. The smallest absolute Gasteiger partial charge is 0.193 e. The van der Waals surface area contributed by atoms with E-state index in [0.717, 1.165) is 43.4 Å². The standard InChI is InChI=1S/C21H31N5/c1-2-22-20(26-15-12-21(17-26)10-5-3-6-11-21)23-13-9-18-16-25-14-7-4-8-19(25)24-18/h4,7-8,14,16H,2-3,5-6,9-13,15,17H2,1H3,(H,22,23). The molecule has 1 saturated carbocycles. The molecule has 0 atom stereocenters. The normalized spacial score (nSPS) is 20.2. The van der Waals surface area contributed by atoms with Crippen LogP contribution in [0.3, 0.4) is 0 Å². The van der Waals surface area contributed by atoms with E-state index in [1.54, 1.807) is 0 Å². The number of fused-ring (bicyclic) bond motifs is 1. The highest BCUT2D eigenvalue weighted by Crippen LogP contribution is 2.43. The van der Waals surface area contributed by atoms with Gasteiger partial charge in [-0.1, -0.05) is 25.3 Å². The Labute approximate surface area is 156 Å². The lowest BCUT2D eigenvalue weighted by atomic mass is 9.73. The second-order valence-corrected chi connectivity index (χ2v) is 7.92. The molecule has 4 rings (SSSR count). The highest BCUT2D eigenvalue weighted by Gasteiger charge is 2.39. The van der Waals surface area contributed by atoms with Gasteiger partial charge in [0.1, 0.15) is 5.65 Å². The van der Waals surface area contributed by atoms with Crippen LogP contribution < -0.4 is 5.32 Å². The summed E-state index contributed by atoms with van der Waals surface area (Å²) in [6, 6.07) is 6.11. The predicted molar refractivity (Wildman–Crippen MR) is 107 cm³/mol. The zero-order valence-electron chi connectivity index (χ0n) is 16.0. The molecule has 0 radical (unpaired) electrons. The maximum Gasteiger partial charge on any atom is 0.193 e. The molecule has 1 aliphatic carbocycles. The summed E-state index contributed by atoms with van der Waals surface area (Å²) in [7, 11) is 0. The second-order valence-electron chi connectivity index (χ2n) is 7.92. The van der Waals surface area contributed by atoms with Crippen molar-refractivity contribution in [2.75, 3.05) is 26.2 Å². The minimum Gasteiger partial charge on any atom is -0.357 e. The molecule has 0 unspecified atom stereocenters. The Balaban J connectivity index is 1.39. The number of aliphatic imine (C=N–C) groups is 1. The lowest BCUT2D eigenvalue weighted by Crippen LogP contribution is -2.41. The van der Waals surface area contributed by atoms with Crippen LogP contribution in [0.25, 0.3) is 5.65 Å². The number of pyridine rings is 1. The Morgan fingerprint density at radius 2 is 2.12 bits per heavy atom. The molecule has 0 aromatic carbocycles. The van der Waals surface area contributed by atoms with Crippen LogP contribution in [-0.2, 0) is 6.42 Å². The van der Waals surface area contributed by atoms with E-state index in [4.69, 9.17) is 4.99 Å². The van der Waals surface area contributed by atoms with Crippen molar-refractivity contribution in [1.29, 1.82) is 0 Å². The van der Waals surface area contributed by atoms with Crippen molar-refractivity contribution in [3.8, 4) is 0 Å². The van der Waals surface area contributed by atoms with E-state index in [-0.39, 0.29) is 0 Å². The van der Waals surface area contributed by atoms with Gasteiger partial charge in [-0.25, -0.2) is 4.98 Å². The molecule has 1 spiro atoms. The zero-order chi connectivity index (χ0) is 17.8. The molecule has 2 fully saturated rings. The Morgan fingerprint density at radius 3 is 2.92 bits per heavy atom. The maximum atomic E-state index is 4.92. The first-order chi connectivity index (χ1) is 12.8. The Hall–Kier alpha value is -2.04. The molecular weight excluding hydrogens is 322 g/mol. The van der Waals surface area contributed by atoms with Gasteiger partial charge in [-0.2, -0.15) is 0 Å². The third-order valence-corrected chi connectivity index (χ3v) is 6.03. The van der Waals surface area contributed by atoms with Crippen molar-refractivity contribution >= 4 is 11.6 Å². The molecule has 2 aromatic rings. The van der Waals surface area contributed by atoms with Crippen molar-refractivity contribution < 1.29 is 0 Å². The molecule has 140 valence electrons. The molecule has 5 nitrogen and oxygen atoms in total. The van der Waals surface area contributed by atoms with E-state index in [1.807, 2.05) is 24.4 Å². The van der Waals surface area contributed by atoms with E-state index >= 15 is 0 Å². The van der Waals surface area contributed by atoms with Crippen LogP contribution in [0, 0.1) is 5.41 Å². The number of aromatic nitrogens is 2. The van der Waals surface area contributed by atoms with E-state index in [2.05, 4.69) is 32.7 Å². The number of hydrogen-bond acceptors (Lipinski definition) is 2. The summed E-state index contributed by atoms with van der Waals surface area (Å²) in [5.74, 6) is 1.10. The van der Waals surface area contributed by atoms with Crippen molar-refractivity contribution in [3.63, 3.8) is 0 Å². The van der Waals surface area contributed by atoms with Crippen LogP contribution in [0.1, 0.15) is 51.1 Å². The number of nitrogens with one attached hydrogen (secondary N) is 1. The molecule has 1 saturated heterocycles. The van der Waals surface area contributed by atoms with Crippen molar-refractivity contribution in [1.82, 2.24) is 19.6 Å². The largest absolute Gasteiger partial charge is 0.357 e. The van der Waals surface area contributed by atoms with Crippen molar-refractivity contribution in [2.24, 2.45) is 10.4 Å². The number of likely N-dealkylation sites (tertiary alicyclic amines) is 1. The first-order valence-corrected chi connectivity index (χ1v) is 10.2. The van der Waals surface area contributed by atoms with Gasteiger partial charge in [-0.3, -0.25) is 4.99 Å². The quantitative estimate of drug-likeness (QED) is 0.676. The molecule has 0 amide bonds. The van der Waals surface area contributed by atoms with Gasteiger partial charge in [0.25, 0.3) is 0 Å². The van der Waals surface area contributed by atoms with E-state index in [1.165, 1.54) is 45.1 Å². The molecule has 2 aromatic heterocycles.